The molecule has 2 heterocycles. The maximum atomic E-state index is 12.6. The summed E-state index contributed by atoms with van der Waals surface area (Å²) in [5, 5.41) is 5.70. The maximum absolute atomic E-state index is 12.6. The van der Waals surface area contributed by atoms with Crippen LogP contribution in [-0.2, 0) is 22.6 Å². The second kappa shape index (κ2) is 9.53. The van der Waals surface area contributed by atoms with Crippen LogP contribution in [0, 0.1) is 0 Å². The zero-order valence-corrected chi connectivity index (χ0v) is 18.1. The molecule has 1 amide bonds. The van der Waals surface area contributed by atoms with E-state index in [-0.39, 0.29) is 25.6 Å². The third kappa shape index (κ3) is 4.35. The van der Waals surface area contributed by atoms with Crippen molar-refractivity contribution in [2.45, 2.75) is 20.0 Å². The van der Waals surface area contributed by atoms with E-state index in [0.29, 0.717) is 22.9 Å². The van der Waals surface area contributed by atoms with Crippen molar-refractivity contribution in [2.75, 3.05) is 27.9 Å². The smallest absolute Gasteiger partial charge is 0.355 e. The van der Waals surface area contributed by atoms with Crippen LogP contribution >= 0.6 is 11.3 Å². The topological polar surface area (TPSA) is 88.0 Å². The highest BCUT2D eigenvalue weighted by Crippen LogP contribution is 2.38. The van der Waals surface area contributed by atoms with Gasteiger partial charge in [-0.25, -0.2) is 4.79 Å². The molecule has 1 N–H and O–H groups in total. The molecule has 3 aromatic rings. The first-order chi connectivity index (χ1) is 14.5. The molecule has 0 radical (unpaired) electrons. The third-order valence-corrected chi connectivity index (χ3v) is 5.45. The minimum Gasteiger partial charge on any atom is -0.493 e. The van der Waals surface area contributed by atoms with Crippen LogP contribution in [0.15, 0.2) is 29.6 Å². The number of carbonyl (C=O) groups is 2. The minimum atomic E-state index is -0.446. The number of fused-ring (bicyclic) bond motifs is 1. The Morgan fingerprint density at radius 2 is 1.77 bits per heavy atom. The standard InChI is InChI=1S/C21H24N2O6S/c1-5-29-21(25)15-10-14-6-7-30-20(14)23(15)12-18(24)22-11-13-8-16(26-2)19(28-4)17(9-13)27-3/h6-10H,5,11-12H2,1-4H3,(H,22,24). The number of hydrogen-bond acceptors (Lipinski definition) is 7. The molecular weight excluding hydrogens is 408 g/mol. The Hall–Kier alpha value is -3.20. The van der Waals surface area contributed by atoms with Crippen LogP contribution in [0.2, 0.25) is 0 Å². The van der Waals surface area contributed by atoms with Gasteiger partial charge in [-0.05, 0) is 42.1 Å². The van der Waals surface area contributed by atoms with Crippen molar-refractivity contribution in [3.63, 3.8) is 0 Å². The number of thiophene rings is 1. The Morgan fingerprint density at radius 1 is 1.07 bits per heavy atom. The zero-order valence-electron chi connectivity index (χ0n) is 17.3. The molecule has 0 bridgehead atoms. The second-order valence-electron chi connectivity index (χ2n) is 6.33. The van der Waals surface area contributed by atoms with E-state index in [9.17, 15) is 9.59 Å². The summed E-state index contributed by atoms with van der Waals surface area (Å²) in [6, 6.07) is 7.21. The first kappa shape index (κ1) is 21.5. The lowest BCUT2D eigenvalue weighted by Crippen LogP contribution is -2.28. The third-order valence-electron chi connectivity index (χ3n) is 4.50. The van der Waals surface area contributed by atoms with E-state index in [4.69, 9.17) is 18.9 Å². The summed E-state index contributed by atoms with van der Waals surface area (Å²) in [6.45, 7) is 2.28. The Labute approximate surface area is 178 Å². The van der Waals surface area contributed by atoms with Crippen molar-refractivity contribution >= 4 is 33.4 Å². The van der Waals surface area contributed by atoms with Gasteiger partial charge in [0.05, 0.1) is 27.9 Å². The number of nitrogens with one attached hydrogen (secondary N) is 1. The van der Waals surface area contributed by atoms with E-state index in [2.05, 4.69) is 5.32 Å². The Kier molecular flexibility index (Phi) is 6.83. The molecule has 0 saturated heterocycles. The number of amides is 1. The highest BCUT2D eigenvalue weighted by Gasteiger charge is 2.20. The number of hydrogen-bond donors (Lipinski definition) is 1. The number of methoxy groups -OCH3 is 3. The minimum absolute atomic E-state index is 0.00256. The van der Waals surface area contributed by atoms with Crippen LogP contribution in [0.5, 0.6) is 17.2 Å². The van der Waals surface area contributed by atoms with Crippen molar-refractivity contribution < 1.29 is 28.5 Å². The molecule has 0 atom stereocenters. The molecule has 0 saturated carbocycles. The number of ether oxygens (including phenoxy) is 4. The van der Waals surface area contributed by atoms with Gasteiger partial charge in [0.2, 0.25) is 11.7 Å². The molecule has 8 nitrogen and oxygen atoms in total. The highest BCUT2D eigenvalue weighted by molar-refractivity contribution is 7.16. The predicted octanol–water partition coefficient (Wildman–Crippen LogP) is 3.22. The molecule has 0 spiro atoms. The molecular formula is C21H24N2O6S. The van der Waals surface area contributed by atoms with Crippen LogP contribution in [0.25, 0.3) is 10.2 Å². The lowest BCUT2D eigenvalue weighted by Gasteiger charge is -2.15. The molecule has 0 aliphatic heterocycles. The van der Waals surface area contributed by atoms with Crippen molar-refractivity contribution in [3.8, 4) is 17.2 Å². The molecule has 9 heteroatoms. The van der Waals surface area contributed by atoms with Gasteiger partial charge < -0.3 is 28.8 Å². The van der Waals surface area contributed by atoms with Crippen LogP contribution < -0.4 is 19.5 Å². The average molecular weight is 432 g/mol. The van der Waals surface area contributed by atoms with E-state index < -0.39 is 5.97 Å². The van der Waals surface area contributed by atoms with Crippen molar-refractivity contribution in [1.82, 2.24) is 9.88 Å². The van der Waals surface area contributed by atoms with Gasteiger partial charge in [0.25, 0.3) is 0 Å². The maximum Gasteiger partial charge on any atom is 0.355 e. The molecule has 0 aliphatic rings. The number of esters is 1. The summed E-state index contributed by atoms with van der Waals surface area (Å²) in [7, 11) is 4.61. The second-order valence-corrected chi connectivity index (χ2v) is 7.22. The van der Waals surface area contributed by atoms with E-state index in [0.717, 1.165) is 15.8 Å². The van der Waals surface area contributed by atoms with Crippen LogP contribution in [0.4, 0.5) is 0 Å². The Balaban J connectivity index is 1.76. The fraction of sp³-hybridized carbons (Fsp3) is 0.333. The molecule has 1 aromatic carbocycles. The van der Waals surface area contributed by atoms with Gasteiger partial charge >= 0.3 is 5.97 Å². The van der Waals surface area contributed by atoms with Gasteiger partial charge in [-0.3, -0.25) is 4.79 Å². The van der Waals surface area contributed by atoms with Gasteiger partial charge in [-0.1, -0.05) is 0 Å². The van der Waals surface area contributed by atoms with Crippen LogP contribution in [-0.4, -0.2) is 44.4 Å². The fourth-order valence-corrected chi connectivity index (χ4v) is 4.04. The summed E-state index contributed by atoms with van der Waals surface area (Å²) in [6.07, 6.45) is 0. The molecule has 160 valence electrons. The molecule has 30 heavy (non-hydrogen) atoms. The Morgan fingerprint density at radius 3 is 2.37 bits per heavy atom. The van der Waals surface area contributed by atoms with E-state index in [1.165, 1.54) is 32.7 Å². The summed E-state index contributed by atoms with van der Waals surface area (Å²) in [4.78, 5) is 25.8. The molecule has 0 unspecified atom stereocenters. The van der Waals surface area contributed by atoms with Crippen molar-refractivity contribution in [3.05, 3.63) is 40.9 Å². The van der Waals surface area contributed by atoms with Gasteiger partial charge in [-0.15, -0.1) is 11.3 Å². The number of aromatic nitrogens is 1. The predicted molar refractivity (Wildman–Crippen MR) is 114 cm³/mol. The Bertz CT molecular complexity index is 1030. The normalized spacial score (nSPS) is 10.7. The number of rotatable bonds is 9. The van der Waals surface area contributed by atoms with Crippen molar-refractivity contribution in [1.29, 1.82) is 0 Å². The quantitative estimate of drug-likeness (QED) is 0.523. The summed E-state index contributed by atoms with van der Waals surface area (Å²) >= 11 is 1.47. The average Bonchev–Trinajstić information content (AvgIpc) is 3.34. The fourth-order valence-electron chi connectivity index (χ4n) is 3.14. The summed E-state index contributed by atoms with van der Waals surface area (Å²) in [5.74, 6) is 0.827. The first-order valence-electron chi connectivity index (χ1n) is 9.31. The van der Waals surface area contributed by atoms with Crippen LogP contribution in [0.1, 0.15) is 23.0 Å². The summed E-state index contributed by atoms with van der Waals surface area (Å²) in [5.41, 5.74) is 1.15. The monoisotopic (exact) mass is 432 g/mol. The number of nitrogens with zero attached hydrogens (tertiary/aromatic N) is 1. The van der Waals surface area contributed by atoms with Gasteiger partial charge in [0.15, 0.2) is 11.5 Å². The van der Waals surface area contributed by atoms with Crippen molar-refractivity contribution in [2.24, 2.45) is 0 Å². The largest absolute Gasteiger partial charge is 0.493 e. The zero-order chi connectivity index (χ0) is 21.7. The van der Waals surface area contributed by atoms with E-state index >= 15 is 0 Å². The molecule has 0 aliphatic carbocycles. The molecule has 2 aromatic heterocycles. The lowest BCUT2D eigenvalue weighted by atomic mass is 10.1. The number of carbonyl (C=O) groups excluding carboxylic acids is 2. The van der Waals surface area contributed by atoms with Gasteiger partial charge in [0, 0.05) is 11.9 Å². The highest BCUT2D eigenvalue weighted by atomic mass is 32.1. The first-order valence-corrected chi connectivity index (χ1v) is 10.2. The van der Waals surface area contributed by atoms with Gasteiger partial charge in [-0.2, -0.15) is 0 Å². The van der Waals surface area contributed by atoms with E-state index in [1.54, 1.807) is 29.7 Å². The SMILES string of the molecule is CCOC(=O)c1cc2ccsc2n1CC(=O)NCc1cc(OC)c(OC)c(OC)c1. The summed E-state index contributed by atoms with van der Waals surface area (Å²) < 4.78 is 22.8. The van der Waals surface area contributed by atoms with Crippen LogP contribution in [0.3, 0.4) is 0 Å². The van der Waals surface area contributed by atoms with Gasteiger partial charge in [0.1, 0.15) is 17.1 Å². The molecule has 0 fully saturated rings. The number of benzene rings is 1. The van der Waals surface area contributed by atoms with E-state index in [1.807, 2.05) is 11.4 Å². The lowest BCUT2D eigenvalue weighted by molar-refractivity contribution is -0.121. The molecule has 3 rings (SSSR count).